The smallest absolute Gasteiger partial charge is 0.241 e. The van der Waals surface area contributed by atoms with E-state index in [9.17, 15) is 13.6 Å². The number of hydrogen-bond acceptors (Lipinski definition) is 5. The van der Waals surface area contributed by atoms with Gasteiger partial charge in [0.05, 0.1) is 12.1 Å². The van der Waals surface area contributed by atoms with Crippen LogP contribution >= 0.6 is 0 Å². The van der Waals surface area contributed by atoms with E-state index in [1.54, 1.807) is 0 Å². The van der Waals surface area contributed by atoms with E-state index in [0.29, 0.717) is 44.2 Å². The van der Waals surface area contributed by atoms with Gasteiger partial charge in [-0.2, -0.15) is 4.98 Å². The summed E-state index contributed by atoms with van der Waals surface area (Å²) in [6.45, 7) is 1.79. The van der Waals surface area contributed by atoms with Crippen LogP contribution in [-0.4, -0.2) is 33.9 Å². The van der Waals surface area contributed by atoms with Crippen molar-refractivity contribution >= 4 is 5.78 Å². The molecule has 28 heavy (non-hydrogen) atoms. The number of carbonyl (C=O) groups excluding carboxylic acids is 1. The van der Waals surface area contributed by atoms with Gasteiger partial charge in [0.25, 0.3) is 0 Å². The molecule has 3 aromatic rings. The third-order valence-corrected chi connectivity index (χ3v) is 5.01. The molecule has 1 aliphatic heterocycles. The third kappa shape index (κ3) is 3.99. The molecular formula is C21H19F2N3O2. The van der Waals surface area contributed by atoms with Crippen LogP contribution in [0.3, 0.4) is 0 Å². The second-order valence-corrected chi connectivity index (χ2v) is 6.92. The lowest BCUT2D eigenvalue weighted by Crippen LogP contribution is -2.36. The minimum atomic E-state index is -0.673. The fraction of sp³-hybridized carbons (Fsp3) is 0.286. The van der Waals surface area contributed by atoms with E-state index in [1.807, 2.05) is 30.3 Å². The van der Waals surface area contributed by atoms with E-state index in [2.05, 4.69) is 15.0 Å². The highest BCUT2D eigenvalue weighted by Gasteiger charge is 2.28. The Morgan fingerprint density at radius 1 is 1.11 bits per heavy atom. The minimum Gasteiger partial charge on any atom is -0.338 e. The van der Waals surface area contributed by atoms with Crippen molar-refractivity contribution in [3.05, 3.63) is 71.6 Å². The Morgan fingerprint density at radius 2 is 1.86 bits per heavy atom. The van der Waals surface area contributed by atoms with E-state index in [4.69, 9.17) is 4.52 Å². The highest BCUT2D eigenvalue weighted by atomic mass is 19.1. The zero-order valence-electron chi connectivity index (χ0n) is 15.1. The second kappa shape index (κ2) is 7.98. The summed E-state index contributed by atoms with van der Waals surface area (Å²) in [5, 5.41) is 4.01. The molecule has 0 spiro atoms. The van der Waals surface area contributed by atoms with Crippen molar-refractivity contribution in [2.45, 2.75) is 19.4 Å². The van der Waals surface area contributed by atoms with Gasteiger partial charge < -0.3 is 4.52 Å². The summed E-state index contributed by atoms with van der Waals surface area (Å²) in [6.07, 6.45) is 1.16. The zero-order valence-corrected chi connectivity index (χ0v) is 15.1. The topological polar surface area (TPSA) is 59.2 Å². The molecule has 1 saturated heterocycles. The van der Waals surface area contributed by atoms with Gasteiger partial charge in [-0.15, -0.1) is 0 Å². The molecule has 7 heteroatoms. The molecule has 4 rings (SSSR count). The maximum atomic E-state index is 13.9. The zero-order chi connectivity index (χ0) is 19.5. The number of aromatic nitrogens is 2. The van der Waals surface area contributed by atoms with Gasteiger partial charge in [-0.25, -0.2) is 8.78 Å². The number of ketones is 1. The van der Waals surface area contributed by atoms with Crippen LogP contribution in [0.15, 0.2) is 53.1 Å². The van der Waals surface area contributed by atoms with Crippen LogP contribution < -0.4 is 0 Å². The molecule has 0 N–H and O–H groups in total. The maximum Gasteiger partial charge on any atom is 0.241 e. The van der Waals surface area contributed by atoms with E-state index in [0.717, 1.165) is 23.8 Å². The number of likely N-dealkylation sites (tertiary alicyclic amines) is 1. The Bertz CT molecular complexity index is 967. The Labute approximate surface area is 161 Å². The molecule has 0 radical (unpaired) electrons. The molecule has 0 saturated carbocycles. The van der Waals surface area contributed by atoms with Crippen molar-refractivity contribution in [1.29, 1.82) is 0 Å². The number of benzene rings is 2. The van der Waals surface area contributed by atoms with Crippen molar-refractivity contribution in [1.82, 2.24) is 15.0 Å². The number of carbonyl (C=O) groups is 1. The number of piperidine rings is 1. The molecule has 144 valence electrons. The molecule has 0 aliphatic carbocycles. The van der Waals surface area contributed by atoms with E-state index >= 15 is 0 Å². The van der Waals surface area contributed by atoms with Gasteiger partial charge in [-0.1, -0.05) is 35.5 Å². The molecule has 1 aromatic heterocycles. The second-order valence-electron chi connectivity index (χ2n) is 6.92. The molecule has 5 nitrogen and oxygen atoms in total. The van der Waals surface area contributed by atoms with Gasteiger partial charge >= 0.3 is 0 Å². The number of hydrogen-bond donors (Lipinski definition) is 0. The van der Waals surface area contributed by atoms with Crippen LogP contribution in [0, 0.1) is 17.6 Å². The summed E-state index contributed by atoms with van der Waals surface area (Å²) in [5.41, 5.74) is 0.724. The molecule has 1 fully saturated rings. The first-order valence-electron chi connectivity index (χ1n) is 9.20. The summed E-state index contributed by atoms with van der Waals surface area (Å²) in [5.74, 6) is -0.862. The summed E-state index contributed by atoms with van der Waals surface area (Å²) < 4.78 is 32.5. The maximum absolute atomic E-state index is 13.9. The Balaban J connectivity index is 1.35. The summed E-state index contributed by atoms with van der Waals surface area (Å²) >= 11 is 0. The summed E-state index contributed by atoms with van der Waals surface area (Å²) in [7, 11) is 0. The number of halogens is 2. The monoisotopic (exact) mass is 383 g/mol. The van der Waals surface area contributed by atoms with E-state index in [-0.39, 0.29) is 17.3 Å². The van der Waals surface area contributed by atoms with Crippen LogP contribution in [0.1, 0.15) is 29.1 Å². The first-order valence-corrected chi connectivity index (χ1v) is 9.20. The SMILES string of the molecule is O=C(c1cc(F)ccc1F)C1CCN(Cc2nc(-c3ccccc3)no2)CC1. The van der Waals surface area contributed by atoms with Crippen LogP contribution in [0.5, 0.6) is 0 Å². The minimum absolute atomic E-state index is 0.164. The lowest BCUT2D eigenvalue weighted by molar-refractivity contribution is 0.0820. The molecule has 2 heterocycles. The van der Waals surface area contributed by atoms with Gasteiger partial charge in [0.15, 0.2) is 5.78 Å². The predicted octanol–water partition coefficient (Wildman–Crippen LogP) is 4.11. The number of Topliss-reactive ketones (excluding diaryl/α,β-unsaturated/α-hetero) is 1. The Morgan fingerprint density at radius 3 is 2.61 bits per heavy atom. The van der Waals surface area contributed by atoms with Crippen molar-refractivity contribution in [2.24, 2.45) is 5.92 Å². The third-order valence-electron chi connectivity index (χ3n) is 5.01. The fourth-order valence-corrected chi connectivity index (χ4v) is 3.47. The predicted molar refractivity (Wildman–Crippen MR) is 98.4 cm³/mol. The Hall–Kier alpha value is -2.93. The number of rotatable bonds is 5. The molecule has 0 atom stereocenters. The van der Waals surface area contributed by atoms with E-state index < -0.39 is 11.6 Å². The molecule has 0 unspecified atom stereocenters. The quantitative estimate of drug-likeness (QED) is 0.621. The average molecular weight is 383 g/mol. The van der Waals surface area contributed by atoms with E-state index in [1.165, 1.54) is 0 Å². The normalized spacial score (nSPS) is 15.6. The lowest BCUT2D eigenvalue weighted by Gasteiger charge is -2.30. The van der Waals surface area contributed by atoms with Crippen molar-refractivity contribution in [3.63, 3.8) is 0 Å². The largest absolute Gasteiger partial charge is 0.338 e. The van der Waals surface area contributed by atoms with Gasteiger partial charge in [-0.05, 0) is 44.1 Å². The lowest BCUT2D eigenvalue weighted by atomic mass is 9.88. The van der Waals surface area contributed by atoms with Gasteiger partial charge in [0, 0.05) is 11.5 Å². The van der Waals surface area contributed by atoms with Gasteiger partial charge in [0.1, 0.15) is 11.6 Å². The molecule has 2 aromatic carbocycles. The average Bonchev–Trinajstić information content (AvgIpc) is 3.19. The Kier molecular flexibility index (Phi) is 5.25. The van der Waals surface area contributed by atoms with Crippen molar-refractivity contribution in [2.75, 3.05) is 13.1 Å². The molecular weight excluding hydrogens is 364 g/mol. The summed E-state index contributed by atoms with van der Waals surface area (Å²) in [4.78, 5) is 19.1. The number of nitrogens with zero attached hydrogens (tertiary/aromatic N) is 3. The van der Waals surface area contributed by atoms with Crippen LogP contribution in [0.25, 0.3) is 11.4 Å². The fourth-order valence-electron chi connectivity index (χ4n) is 3.47. The van der Waals surface area contributed by atoms with Gasteiger partial charge in [0.2, 0.25) is 11.7 Å². The standard InChI is InChI=1S/C21H19F2N3O2/c22-16-6-7-18(23)17(12-16)20(27)14-8-10-26(11-9-14)13-19-24-21(25-28-19)15-4-2-1-3-5-15/h1-7,12,14H,8-11,13H2. The first-order chi connectivity index (χ1) is 13.6. The van der Waals surface area contributed by atoms with Gasteiger partial charge in [-0.3, -0.25) is 9.69 Å². The highest BCUT2D eigenvalue weighted by Crippen LogP contribution is 2.25. The summed E-state index contributed by atoms with van der Waals surface area (Å²) in [6, 6.07) is 12.6. The van der Waals surface area contributed by atoms with Crippen LogP contribution in [0.2, 0.25) is 0 Å². The highest BCUT2D eigenvalue weighted by molar-refractivity contribution is 5.98. The van der Waals surface area contributed by atoms with Crippen LogP contribution in [-0.2, 0) is 6.54 Å². The first kappa shape index (κ1) is 18.4. The molecule has 1 aliphatic rings. The van der Waals surface area contributed by atoms with Crippen LogP contribution in [0.4, 0.5) is 8.78 Å². The van der Waals surface area contributed by atoms with Crippen molar-refractivity contribution < 1.29 is 18.1 Å². The molecule has 0 amide bonds. The van der Waals surface area contributed by atoms with Crippen molar-refractivity contribution in [3.8, 4) is 11.4 Å². The molecule has 0 bridgehead atoms.